The summed E-state index contributed by atoms with van der Waals surface area (Å²) in [6.45, 7) is 8.17. The fourth-order valence-electron chi connectivity index (χ4n) is 2.55. The normalized spacial score (nSPS) is 20.2. The Labute approximate surface area is 120 Å². The van der Waals surface area contributed by atoms with Gasteiger partial charge in [-0.1, -0.05) is 6.07 Å². The second kappa shape index (κ2) is 6.10. The molecule has 1 aromatic carbocycles. The standard InChI is InChI=1S/C16H25FN2O/c1-16(2,3)18-10-13-14(17)7-4-8-15(13)19-9-5-6-12(20)11-19/h4,7-8,12,18,20H,5-6,9-11H2,1-3H3. The van der Waals surface area contributed by atoms with Crippen LogP contribution in [-0.2, 0) is 6.54 Å². The quantitative estimate of drug-likeness (QED) is 0.893. The fourth-order valence-corrected chi connectivity index (χ4v) is 2.55. The van der Waals surface area contributed by atoms with Crippen molar-refractivity contribution in [3.63, 3.8) is 0 Å². The molecule has 1 fully saturated rings. The third kappa shape index (κ3) is 3.93. The van der Waals surface area contributed by atoms with Crippen molar-refractivity contribution >= 4 is 5.69 Å². The van der Waals surface area contributed by atoms with Gasteiger partial charge in [0.1, 0.15) is 5.82 Å². The van der Waals surface area contributed by atoms with E-state index in [0.29, 0.717) is 18.7 Å². The van der Waals surface area contributed by atoms with E-state index in [2.05, 4.69) is 31.0 Å². The predicted octanol–water partition coefficient (Wildman–Crippen LogP) is 2.67. The van der Waals surface area contributed by atoms with Gasteiger partial charge in [-0.15, -0.1) is 0 Å². The molecule has 0 saturated carbocycles. The highest BCUT2D eigenvalue weighted by atomic mass is 19.1. The van der Waals surface area contributed by atoms with E-state index in [0.717, 1.165) is 25.1 Å². The van der Waals surface area contributed by atoms with Crippen molar-refractivity contribution in [3.8, 4) is 0 Å². The molecule has 0 spiro atoms. The van der Waals surface area contributed by atoms with Crippen LogP contribution in [0.25, 0.3) is 0 Å². The third-order valence-electron chi connectivity index (χ3n) is 3.63. The summed E-state index contributed by atoms with van der Waals surface area (Å²) in [5.74, 6) is -0.181. The van der Waals surface area contributed by atoms with E-state index in [-0.39, 0.29) is 17.5 Å². The molecule has 1 aliphatic rings. The van der Waals surface area contributed by atoms with E-state index in [1.807, 2.05) is 6.07 Å². The van der Waals surface area contributed by atoms with Gasteiger partial charge in [-0.2, -0.15) is 0 Å². The summed E-state index contributed by atoms with van der Waals surface area (Å²) in [6.07, 6.45) is 1.47. The van der Waals surface area contributed by atoms with Crippen molar-refractivity contribution in [1.29, 1.82) is 0 Å². The topological polar surface area (TPSA) is 35.5 Å². The first-order valence-electron chi connectivity index (χ1n) is 7.32. The highest BCUT2D eigenvalue weighted by Crippen LogP contribution is 2.26. The zero-order valence-corrected chi connectivity index (χ0v) is 12.6. The molecular formula is C16H25FN2O. The highest BCUT2D eigenvalue weighted by molar-refractivity contribution is 5.54. The minimum Gasteiger partial charge on any atom is -0.391 e. The Morgan fingerprint density at radius 2 is 2.15 bits per heavy atom. The fraction of sp³-hybridized carbons (Fsp3) is 0.625. The van der Waals surface area contributed by atoms with Gasteiger partial charge in [-0.05, 0) is 45.7 Å². The number of halogens is 1. The van der Waals surface area contributed by atoms with E-state index < -0.39 is 0 Å². The van der Waals surface area contributed by atoms with E-state index in [9.17, 15) is 9.50 Å². The molecule has 2 rings (SSSR count). The summed E-state index contributed by atoms with van der Waals surface area (Å²) in [5.41, 5.74) is 1.54. The summed E-state index contributed by atoms with van der Waals surface area (Å²) >= 11 is 0. The highest BCUT2D eigenvalue weighted by Gasteiger charge is 2.22. The molecule has 1 aromatic rings. The predicted molar refractivity (Wildman–Crippen MR) is 80.4 cm³/mol. The van der Waals surface area contributed by atoms with Crippen LogP contribution in [0.2, 0.25) is 0 Å². The number of nitrogens with zero attached hydrogens (tertiary/aromatic N) is 1. The number of aliphatic hydroxyl groups is 1. The number of hydrogen-bond donors (Lipinski definition) is 2. The van der Waals surface area contributed by atoms with Crippen LogP contribution in [0, 0.1) is 5.82 Å². The van der Waals surface area contributed by atoms with Crippen molar-refractivity contribution in [2.24, 2.45) is 0 Å². The van der Waals surface area contributed by atoms with Crippen LogP contribution >= 0.6 is 0 Å². The van der Waals surface area contributed by atoms with Gasteiger partial charge in [0.05, 0.1) is 6.10 Å². The second-order valence-electron chi connectivity index (χ2n) is 6.58. The smallest absolute Gasteiger partial charge is 0.129 e. The van der Waals surface area contributed by atoms with E-state index in [1.54, 1.807) is 6.07 Å². The molecule has 4 heteroatoms. The van der Waals surface area contributed by atoms with Gasteiger partial charge < -0.3 is 15.3 Å². The van der Waals surface area contributed by atoms with Gasteiger partial charge in [0.25, 0.3) is 0 Å². The first kappa shape index (κ1) is 15.3. The van der Waals surface area contributed by atoms with Crippen molar-refractivity contribution in [3.05, 3.63) is 29.6 Å². The maximum absolute atomic E-state index is 14.1. The van der Waals surface area contributed by atoms with Gasteiger partial charge in [0, 0.05) is 36.4 Å². The first-order valence-corrected chi connectivity index (χ1v) is 7.32. The molecule has 1 saturated heterocycles. The van der Waals surface area contributed by atoms with Gasteiger partial charge in [0.15, 0.2) is 0 Å². The molecular weight excluding hydrogens is 255 g/mol. The number of rotatable bonds is 3. The van der Waals surface area contributed by atoms with Crippen LogP contribution < -0.4 is 10.2 Å². The van der Waals surface area contributed by atoms with Gasteiger partial charge in [-0.25, -0.2) is 4.39 Å². The molecule has 20 heavy (non-hydrogen) atoms. The average molecular weight is 280 g/mol. The number of benzene rings is 1. The molecule has 2 N–H and O–H groups in total. The van der Waals surface area contributed by atoms with Crippen LogP contribution in [0.3, 0.4) is 0 Å². The molecule has 0 aliphatic carbocycles. The van der Waals surface area contributed by atoms with E-state index in [1.165, 1.54) is 6.07 Å². The molecule has 1 unspecified atom stereocenters. The number of nitrogens with one attached hydrogen (secondary N) is 1. The van der Waals surface area contributed by atoms with Crippen LogP contribution in [0.15, 0.2) is 18.2 Å². The molecule has 0 amide bonds. The molecule has 1 heterocycles. The Kier molecular flexibility index (Phi) is 4.66. The maximum Gasteiger partial charge on any atom is 0.129 e. The van der Waals surface area contributed by atoms with Gasteiger partial charge in [-0.3, -0.25) is 0 Å². The minimum atomic E-state index is -0.310. The summed E-state index contributed by atoms with van der Waals surface area (Å²) < 4.78 is 14.1. The molecule has 0 radical (unpaired) electrons. The summed E-state index contributed by atoms with van der Waals surface area (Å²) in [7, 11) is 0. The Morgan fingerprint density at radius 1 is 1.40 bits per heavy atom. The van der Waals surface area contributed by atoms with Crippen LogP contribution in [0.4, 0.5) is 10.1 Å². The molecule has 0 aromatic heterocycles. The van der Waals surface area contributed by atoms with Gasteiger partial charge in [0.2, 0.25) is 0 Å². The second-order valence-corrected chi connectivity index (χ2v) is 6.58. The number of β-amino-alcohol motifs (C(OH)–C–C–N with tert-alkyl or cyclic N) is 1. The van der Waals surface area contributed by atoms with Crippen molar-refractivity contribution in [1.82, 2.24) is 5.32 Å². The lowest BCUT2D eigenvalue weighted by Gasteiger charge is -2.34. The SMILES string of the molecule is CC(C)(C)NCc1c(F)cccc1N1CCCC(O)C1. The lowest BCUT2D eigenvalue weighted by Crippen LogP contribution is -2.40. The minimum absolute atomic E-state index is 0.0546. The lowest BCUT2D eigenvalue weighted by molar-refractivity contribution is 0.154. The van der Waals surface area contributed by atoms with E-state index in [4.69, 9.17) is 0 Å². The first-order chi connectivity index (χ1) is 9.37. The zero-order chi connectivity index (χ0) is 14.8. The monoisotopic (exact) mass is 280 g/mol. The van der Waals surface area contributed by atoms with Gasteiger partial charge >= 0.3 is 0 Å². The zero-order valence-electron chi connectivity index (χ0n) is 12.6. The largest absolute Gasteiger partial charge is 0.391 e. The Hall–Kier alpha value is -1.13. The summed E-state index contributed by atoms with van der Waals surface area (Å²) in [4.78, 5) is 2.09. The number of aliphatic hydroxyl groups excluding tert-OH is 1. The molecule has 1 atom stereocenters. The Morgan fingerprint density at radius 3 is 2.80 bits per heavy atom. The average Bonchev–Trinajstić information content (AvgIpc) is 2.36. The van der Waals surface area contributed by atoms with Crippen molar-refractivity contribution in [2.75, 3.05) is 18.0 Å². The lowest BCUT2D eigenvalue weighted by atomic mass is 10.0. The van der Waals surface area contributed by atoms with Crippen LogP contribution in [0.1, 0.15) is 39.2 Å². The van der Waals surface area contributed by atoms with Crippen molar-refractivity contribution in [2.45, 2.75) is 51.8 Å². The number of anilines is 1. The van der Waals surface area contributed by atoms with Crippen LogP contribution in [0.5, 0.6) is 0 Å². The maximum atomic E-state index is 14.1. The molecule has 3 nitrogen and oxygen atoms in total. The number of piperidine rings is 1. The van der Waals surface area contributed by atoms with Crippen LogP contribution in [-0.4, -0.2) is 29.8 Å². The Bertz CT molecular complexity index is 456. The molecule has 1 aliphatic heterocycles. The molecule has 112 valence electrons. The number of hydrogen-bond acceptors (Lipinski definition) is 3. The Balaban J connectivity index is 2.21. The molecule has 0 bridgehead atoms. The van der Waals surface area contributed by atoms with Crippen molar-refractivity contribution < 1.29 is 9.50 Å². The summed E-state index contributed by atoms with van der Waals surface area (Å²) in [5, 5.41) is 13.1. The third-order valence-corrected chi connectivity index (χ3v) is 3.63. The summed E-state index contributed by atoms with van der Waals surface area (Å²) in [6, 6.07) is 5.19. The van der Waals surface area contributed by atoms with E-state index >= 15 is 0 Å².